The monoisotopic (exact) mass is 321 g/mol. The third kappa shape index (κ3) is 3.99. The molecule has 0 aliphatic carbocycles. The number of carbonyl (C=O) groups is 1. The van der Waals surface area contributed by atoms with E-state index in [1.807, 2.05) is 0 Å². The topological polar surface area (TPSA) is 115 Å². The lowest BCUT2D eigenvalue weighted by Crippen LogP contribution is -2.28. The second-order valence-corrected chi connectivity index (χ2v) is 5.95. The Morgan fingerprint density at radius 1 is 1.41 bits per heavy atom. The van der Waals surface area contributed by atoms with Crippen molar-refractivity contribution in [3.8, 4) is 0 Å². The molecular formula is C9H12BrN3O3S. The highest BCUT2D eigenvalue weighted by molar-refractivity contribution is 9.10. The first-order chi connectivity index (χ1) is 7.83. The molecule has 0 saturated heterocycles. The number of primary amides is 1. The number of amides is 1. The number of sulfonamides is 1. The van der Waals surface area contributed by atoms with Gasteiger partial charge in [-0.1, -0.05) is 15.9 Å². The van der Waals surface area contributed by atoms with Gasteiger partial charge in [0, 0.05) is 17.4 Å². The van der Waals surface area contributed by atoms with Crippen molar-refractivity contribution >= 4 is 37.5 Å². The number of hydrogen-bond donors (Lipinski definition) is 3. The van der Waals surface area contributed by atoms with E-state index in [0.717, 1.165) is 0 Å². The van der Waals surface area contributed by atoms with E-state index in [2.05, 4.69) is 20.7 Å². The van der Waals surface area contributed by atoms with Crippen LogP contribution in [0.15, 0.2) is 27.6 Å². The third-order valence-electron chi connectivity index (χ3n) is 1.92. The van der Waals surface area contributed by atoms with Crippen LogP contribution >= 0.6 is 15.9 Å². The van der Waals surface area contributed by atoms with Gasteiger partial charge in [0.2, 0.25) is 15.9 Å². The second-order valence-electron chi connectivity index (χ2n) is 3.30. The molecule has 1 aromatic carbocycles. The van der Waals surface area contributed by atoms with E-state index >= 15 is 0 Å². The quantitative estimate of drug-likeness (QED) is 0.671. The summed E-state index contributed by atoms with van der Waals surface area (Å²) in [7, 11) is -3.71. The zero-order valence-electron chi connectivity index (χ0n) is 8.81. The minimum Gasteiger partial charge on any atom is -0.398 e. The van der Waals surface area contributed by atoms with Crippen LogP contribution in [0, 0.1) is 0 Å². The summed E-state index contributed by atoms with van der Waals surface area (Å²) >= 11 is 3.18. The molecule has 1 amide bonds. The van der Waals surface area contributed by atoms with Crippen molar-refractivity contribution in [2.45, 2.75) is 11.3 Å². The molecule has 0 bridgehead atoms. The molecule has 0 heterocycles. The van der Waals surface area contributed by atoms with Gasteiger partial charge in [0.15, 0.2) is 0 Å². The maximum Gasteiger partial charge on any atom is 0.242 e. The normalized spacial score (nSPS) is 11.4. The standard InChI is InChI=1S/C9H12BrN3O3S/c10-6-1-2-8(7(11)5-6)17(15,16)13-4-3-9(12)14/h1-2,5,13H,3-4,11H2,(H2,12,14). The molecule has 0 aliphatic rings. The Balaban J connectivity index is 2.86. The molecule has 0 aromatic heterocycles. The highest BCUT2D eigenvalue weighted by atomic mass is 79.9. The molecule has 94 valence electrons. The Morgan fingerprint density at radius 3 is 2.59 bits per heavy atom. The zero-order chi connectivity index (χ0) is 13.1. The fraction of sp³-hybridized carbons (Fsp3) is 0.222. The first kappa shape index (κ1) is 13.9. The van der Waals surface area contributed by atoms with Gasteiger partial charge in [-0.25, -0.2) is 13.1 Å². The van der Waals surface area contributed by atoms with Crippen LogP contribution in [0.5, 0.6) is 0 Å². The average Bonchev–Trinajstić information content (AvgIpc) is 2.15. The van der Waals surface area contributed by atoms with Crippen LogP contribution in [-0.2, 0) is 14.8 Å². The van der Waals surface area contributed by atoms with Crippen molar-refractivity contribution in [3.63, 3.8) is 0 Å². The van der Waals surface area contributed by atoms with E-state index in [1.165, 1.54) is 12.1 Å². The van der Waals surface area contributed by atoms with Crippen LogP contribution in [0.4, 0.5) is 5.69 Å². The minimum atomic E-state index is -3.71. The van der Waals surface area contributed by atoms with E-state index in [9.17, 15) is 13.2 Å². The Labute approximate surface area is 108 Å². The van der Waals surface area contributed by atoms with Gasteiger partial charge in [-0.15, -0.1) is 0 Å². The van der Waals surface area contributed by atoms with Crippen LogP contribution in [0.1, 0.15) is 6.42 Å². The van der Waals surface area contributed by atoms with Gasteiger partial charge in [-0.3, -0.25) is 4.79 Å². The first-order valence-corrected chi connectivity index (χ1v) is 6.93. The number of benzene rings is 1. The molecule has 0 fully saturated rings. The molecule has 0 radical (unpaired) electrons. The first-order valence-electron chi connectivity index (χ1n) is 4.66. The van der Waals surface area contributed by atoms with Crippen molar-refractivity contribution in [2.75, 3.05) is 12.3 Å². The Bertz CT molecular complexity index is 530. The predicted octanol–water partition coefficient (Wildman–Crippen LogP) is 0.185. The van der Waals surface area contributed by atoms with Crippen molar-refractivity contribution < 1.29 is 13.2 Å². The van der Waals surface area contributed by atoms with Crippen molar-refractivity contribution in [1.29, 1.82) is 0 Å². The second kappa shape index (κ2) is 5.48. The summed E-state index contributed by atoms with van der Waals surface area (Å²) in [6, 6.07) is 4.44. The number of nitrogens with two attached hydrogens (primary N) is 2. The molecule has 17 heavy (non-hydrogen) atoms. The molecule has 0 saturated carbocycles. The van der Waals surface area contributed by atoms with Crippen molar-refractivity contribution in [1.82, 2.24) is 4.72 Å². The number of rotatable bonds is 5. The van der Waals surface area contributed by atoms with Crippen LogP contribution in [-0.4, -0.2) is 20.9 Å². The fourth-order valence-electron chi connectivity index (χ4n) is 1.15. The summed E-state index contributed by atoms with van der Waals surface area (Å²) in [5.74, 6) is -0.573. The third-order valence-corrected chi connectivity index (χ3v) is 3.95. The number of anilines is 1. The molecule has 5 N–H and O–H groups in total. The van der Waals surface area contributed by atoms with Gasteiger partial charge in [0.1, 0.15) is 4.90 Å². The summed E-state index contributed by atoms with van der Waals surface area (Å²) in [6.07, 6.45) is -0.0599. The lowest BCUT2D eigenvalue weighted by molar-refractivity contribution is -0.117. The van der Waals surface area contributed by atoms with Gasteiger partial charge < -0.3 is 11.5 Å². The molecule has 1 aromatic rings. The van der Waals surface area contributed by atoms with Gasteiger partial charge in [-0.05, 0) is 18.2 Å². The number of halogens is 1. The summed E-state index contributed by atoms with van der Waals surface area (Å²) in [6.45, 7) is -0.0484. The van der Waals surface area contributed by atoms with Crippen LogP contribution in [0.2, 0.25) is 0 Å². The number of carbonyl (C=O) groups excluding carboxylic acids is 1. The Morgan fingerprint density at radius 2 is 2.06 bits per heavy atom. The van der Waals surface area contributed by atoms with Crippen LogP contribution < -0.4 is 16.2 Å². The minimum absolute atomic E-state index is 0.0230. The fourth-order valence-corrected chi connectivity index (χ4v) is 2.67. The lowest BCUT2D eigenvalue weighted by atomic mass is 10.3. The zero-order valence-corrected chi connectivity index (χ0v) is 11.2. The highest BCUT2D eigenvalue weighted by Crippen LogP contribution is 2.22. The summed E-state index contributed by atoms with van der Waals surface area (Å²) in [5.41, 5.74) is 10.6. The van der Waals surface area contributed by atoms with Crippen LogP contribution in [0.3, 0.4) is 0 Å². The number of hydrogen-bond acceptors (Lipinski definition) is 4. The van der Waals surface area contributed by atoms with E-state index in [1.54, 1.807) is 6.07 Å². The maximum atomic E-state index is 11.8. The molecule has 8 heteroatoms. The van der Waals surface area contributed by atoms with Gasteiger partial charge in [0.05, 0.1) is 5.69 Å². The molecule has 0 aliphatic heterocycles. The Kier molecular flexibility index (Phi) is 4.49. The number of nitrogen functional groups attached to an aromatic ring is 1. The SMILES string of the molecule is NC(=O)CCNS(=O)(=O)c1ccc(Br)cc1N. The maximum absolute atomic E-state index is 11.8. The largest absolute Gasteiger partial charge is 0.398 e. The van der Waals surface area contributed by atoms with E-state index in [-0.39, 0.29) is 23.5 Å². The van der Waals surface area contributed by atoms with E-state index < -0.39 is 15.9 Å². The predicted molar refractivity (Wildman–Crippen MR) is 67.6 cm³/mol. The smallest absolute Gasteiger partial charge is 0.242 e. The molecule has 0 spiro atoms. The molecule has 1 rings (SSSR count). The molecule has 0 unspecified atom stereocenters. The molecule has 6 nitrogen and oxygen atoms in total. The molecular weight excluding hydrogens is 310 g/mol. The summed E-state index contributed by atoms with van der Waals surface area (Å²) in [4.78, 5) is 10.5. The average molecular weight is 322 g/mol. The van der Waals surface area contributed by atoms with E-state index in [0.29, 0.717) is 4.47 Å². The Hall–Kier alpha value is -1.12. The summed E-state index contributed by atoms with van der Waals surface area (Å²) in [5, 5.41) is 0. The number of nitrogens with one attached hydrogen (secondary N) is 1. The van der Waals surface area contributed by atoms with Gasteiger partial charge >= 0.3 is 0 Å². The highest BCUT2D eigenvalue weighted by Gasteiger charge is 2.17. The van der Waals surface area contributed by atoms with Gasteiger partial charge in [0.25, 0.3) is 0 Å². The van der Waals surface area contributed by atoms with Crippen molar-refractivity contribution in [2.24, 2.45) is 5.73 Å². The van der Waals surface area contributed by atoms with Crippen molar-refractivity contribution in [3.05, 3.63) is 22.7 Å². The summed E-state index contributed by atoms with van der Waals surface area (Å²) < 4.78 is 26.5. The lowest BCUT2D eigenvalue weighted by Gasteiger charge is -2.08. The molecule has 0 atom stereocenters. The van der Waals surface area contributed by atoms with E-state index in [4.69, 9.17) is 11.5 Å². The van der Waals surface area contributed by atoms with Crippen LogP contribution in [0.25, 0.3) is 0 Å². The van der Waals surface area contributed by atoms with Gasteiger partial charge in [-0.2, -0.15) is 0 Å².